The zero-order valence-electron chi connectivity index (χ0n) is 16.2. The van der Waals surface area contributed by atoms with Crippen LogP contribution in [-0.4, -0.2) is 59.9 Å². The van der Waals surface area contributed by atoms with Gasteiger partial charge in [-0.15, -0.1) is 0 Å². The van der Waals surface area contributed by atoms with Crippen molar-refractivity contribution in [3.63, 3.8) is 0 Å². The summed E-state index contributed by atoms with van der Waals surface area (Å²) in [7, 11) is 0. The Morgan fingerprint density at radius 1 is 0.889 bits per heavy atom. The standard InChI is InChI=1S/C23H29N3O/c1-19-5-4-6-20(15-19)16-24-11-13-26(14-12-24)23(27)18-25-10-9-21-7-2-3-8-22(21)17-25/h2-8,15H,9-14,16-18H2,1H3. The van der Waals surface area contributed by atoms with Gasteiger partial charge in [-0.05, 0) is 30.0 Å². The van der Waals surface area contributed by atoms with Crippen LogP contribution in [0.1, 0.15) is 22.3 Å². The molecule has 0 aromatic heterocycles. The minimum absolute atomic E-state index is 0.282. The molecule has 2 heterocycles. The molecule has 1 amide bonds. The summed E-state index contributed by atoms with van der Waals surface area (Å²) in [5, 5.41) is 0. The number of hydrogen-bond acceptors (Lipinski definition) is 3. The first-order valence-electron chi connectivity index (χ1n) is 10.0. The summed E-state index contributed by atoms with van der Waals surface area (Å²) >= 11 is 0. The number of piperazine rings is 1. The summed E-state index contributed by atoms with van der Waals surface area (Å²) in [6, 6.07) is 17.3. The van der Waals surface area contributed by atoms with Crippen LogP contribution < -0.4 is 0 Å². The number of hydrogen-bond donors (Lipinski definition) is 0. The lowest BCUT2D eigenvalue weighted by atomic mass is 10.00. The topological polar surface area (TPSA) is 26.8 Å². The van der Waals surface area contributed by atoms with Crippen molar-refractivity contribution in [1.82, 2.24) is 14.7 Å². The van der Waals surface area contributed by atoms with Crippen molar-refractivity contribution < 1.29 is 4.79 Å². The molecule has 27 heavy (non-hydrogen) atoms. The Morgan fingerprint density at radius 3 is 2.44 bits per heavy atom. The smallest absolute Gasteiger partial charge is 0.236 e. The summed E-state index contributed by atoms with van der Waals surface area (Å²) in [6.07, 6.45) is 1.05. The molecule has 1 fully saturated rings. The number of benzene rings is 2. The number of carbonyl (C=O) groups is 1. The zero-order valence-corrected chi connectivity index (χ0v) is 16.2. The van der Waals surface area contributed by atoms with Gasteiger partial charge in [-0.25, -0.2) is 0 Å². The summed E-state index contributed by atoms with van der Waals surface area (Å²) in [5.41, 5.74) is 5.48. The Hall–Kier alpha value is -2.17. The van der Waals surface area contributed by atoms with E-state index in [0.29, 0.717) is 6.54 Å². The van der Waals surface area contributed by atoms with Gasteiger partial charge in [0, 0.05) is 45.8 Å². The number of amides is 1. The lowest BCUT2D eigenvalue weighted by Crippen LogP contribution is -2.51. The van der Waals surface area contributed by atoms with Gasteiger partial charge in [-0.1, -0.05) is 54.1 Å². The second-order valence-corrected chi connectivity index (χ2v) is 7.88. The van der Waals surface area contributed by atoms with Crippen molar-refractivity contribution in [2.24, 2.45) is 0 Å². The fourth-order valence-electron chi connectivity index (χ4n) is 4.20. The number of rotatable bonds is 4. The highest BCUT2D eigenvalue weighted by Crippen LogP contribution is 2.18. The van der Waals surface area contributed by atoms with Crippen LogP contribution in [-0.2, 0) is 24.3 Å². The van der Waals surface area contributed by atoms with Crippen LogP contribution in [0.2, 0.25) is 0 Å². The fourth-order valence-corrected chi connectivity index (χ4v) is 4.20. The minimum Gasteiger partial charge on any atom is -0.339 e. The van der Waals surface area contributed by atoms with Crippen molar-refractivity contribution in [2.45, 2.75) is 26.4 Å². The van der Waals surface area contributed by atoms with Gasteiger partial charge in [-0.3, -0.25) is 14.6 Å². The number of carbonyl (C=O) groups excluding carboxylic acids is 1. The summed E-state index contributed by atoms with van der Waals surface area (Å²) in [5.74, 6) is 0.282. The highest BCUT2D eigenvalue weighted by atomic mass is 16.2. The summed E-state index contributed by atoms with van der Waals surface area (Å²) < 4.78 is 0. The zero-order chi connectivity index (χ0) is 18.6. The van der Waals surface area contributed by atoms with E-state index in [4.69, 9.17) is 0 Å². The van der Waals surface area contributed by atoms with E-state index in [1.807, 2.05) is 4.90 Å². The van der Waals surface area contributed by atoms with E-state index in [2.05, 4.69) is 65.3 Å². The summed E-state index contributed by atoms with van der Waals surface area (Å²) in [6.45, 7) is 9.15. The quantitative estimate of drug-likeness (QED) is 0.836. The van der Waals surface area contributed by atoms with Crippen molar-refractivity contribution in [2.75, 3.05) is 39.3 Å². The Bertz CT molecular complexity index is 796. The van der Waals surface area contributed by atoms with Gasteiger partial charge in [-0.2, -0.15) is 0 Å². The maximum atomic E-state index is 12.8. The van der Waals surface area contributed by atoms with E-state index in [1.54, 1.807) is 0 Å². The van der Waals surface area contributed by atoms with E-state index >= 15 is 0 Å². The molecule has 0 aliphatic carbocycles. The normalized spacial score (nSPS) is 18.3. The SMILES string of the molecule is Cc1cccc(CN2CCN(C(=O)CN3CCc4ccccc4C3)CC2)c1. The maximum absolute atomic E-state index is 12.8. The average Bonchev–Trinajstić information content (AvgIpc) is 2.68. The minimum atomic E-state index is 0.282. The van der Waals surface area contributed by atoms with Crippen molar-refractivity contribution in [1.29, 1.82) is 0 Å². The van der Waals surface area contributed by atoms with E-state index in [9.17, 15) is 4.79 Å². The molecule has 2 aromatic carbocycles. The van der Waals surface area contributed by atoms with Gasteiger partial charge < -0.3 is 4.90 Å². The van der Waals surface area contributed by atoms with Crippen LogP contribution in [0.3, 0.4) is 0 Å². The molecule has 4 heteroatoms. The van der Waals surface area contributed by atoms with Gasteiger partial charge in [0.1, 0.15) is 0 Å². The van der Waals surface area contributed by atoms with Gasteiger partial charge in [0.2, 0.25) is 5.91 Å². The first-order valence-corrected chi connectivity index (χ1v) is 10.0. The molecule has 0 spiro atoms. The first-order chi connectivity index (χ1) is 13.2. The molecule has 2 aliphatic rings. The summed E-state index contributed by atoms with van der Waals surface area (Å²) in [4.78, 5) is 19.6. The van der Waals surface area contributed by atoms with E-state index in [-0.39, 0.29) is 5.91 Å². The van der Waals surface area contributed by atoms with Gasteiger partial charge in [0.05, 0.1) is 6.54 Å². The van der Waals surface area contributed by atoms with Gasteiger partial charge >= 0.3 is 0 Å². The molecule has 4 nitrogen and oxygen atoms in total. The molecular formula is C23H29N3O. The Balaban J connectivity index is 1.25. The van der Waals surface area contributed by atoms with Crippen molar-refractivity contribution in [3.8, 4) is 0 Å². The molecule has 4 rings (SSSR count). The predicted octanol–water partition coefficient (Wildman–Crippen LogP) is 2.70. The molecule has 0 radical (unpaired) electrons. The average molecular weight is 364 g/mol. The van der Waals surface area contributed by atoms with Crippen LogP contribution in [0.25, 0.3) is 0 Å². The monoisotopic (exact) mass is 363 g/mol. The molecule has 0 bridgehead atoms. The second-order valence-electron chi connectivity index (χ2n) is 7.88. The lowest BCUT2D eigenvalue weighted by molar-refractivity contribution is -0.134. The predicted molar refractivity (Wildman–Crippen MR) is 108 cm³/mol. The van der Waals surface area contributed by atoms with Crippen LogP contribution in [0.5, 0.6) is 0 Å². The molecule has 0 atom stereocenters. The second kappa shape index (κ2) is 8.24. The molecule has 2 aliphatic heterocycles. The Labute approximate surface area is 162 Å². The first kappa shape index (κ1) is 18.2. The van der Waals surface area contributed by atoms with Crippen LogP contribution in [0.4, 0.5) is 0 Å². The van der Waals surface area contributed by atoms with E-state index in [1.165, 1.54) is 22.3 Å². The van der Waals surface area contributed by atoms with Crippen molar-refractivity contribution in [3.05, 3.63) is 70.8 Å². The van der Waals surface area contributed by atoms with Gasteiger partial charge in [0.15, 0.2) is 0 Å². The Kier molecular flexibility index (Phi) is 5.55. The third kappa shape index (κ3) is 4.57. The molecule has 0 saturated carbocycles. The van der Waals surface area contributed by atoms with Gasteiger partial charge in [0.25, 0.3) is 0 Å². The number of fused-ring (bicyclic) bond motifs is 1. The third-order valence-electron chi connectivity index (χ3n) is 5.78. The third-order valence-corrected chi connectivity index (χ3v) is 5.78. The number of aryl methyl sites for hydroxylation is 1. The fraction of sp³-hybridized carbons (Fsp3) is 0.435. The molecule has 0 N–H and O–H groups in total. The van der Waals surface area contributed by atoms with E-state index in [0.717, 1.165) is 52.2 Å². The van der Waals surface area contributed by atoms with Crippen LogP contribution in [0, 0.1) is 6.92 Å². The molecule has 2 aromatic rings. The molecular weight excluding hydrogens is 334 g/mol. The largest absolute Gasteiger partial charge is 0.339 e. The molecule has 0 unspecified atom stereocenters. The number of nitrogens with zero attached hydrogens (tertiary/aromatic N) is 3. The molecule has 142 valence electrons. The van der Waals surface area contributed by atoms with Crippen molar-refractivity contribution >= 4 is 5.91 Å². The lowest BCUT2D eigenvalue weighted by Gasteiger charge is -2.36. The maximum Gasteiger partial charge on any atom is 0.236 e. The Morgan fingerprint density at radius 2 is 1.67 bits per heavy atom. The van der Waals surface area contributed by atoms with E-state index < -0.39 is 0 Å². The molecule has 1 saturated heterocycles. The van der Waals surface area contributed by atoms with Crippen LogP contribution >= 0.6 is 0 Å². The highest BCUT2D eigenvalue weighted by molar-refractivity contribution is 5.78. The highest BCUT2D eigenvalue weighted by Gasteiger charge is 2.24. The van der Waals surface area contributed by atoms with Crippen LogP contribution in [0.15, 0.2) is 48.5 Å².